The maximum Gasteiger partial charge on any atom is 0.412 e. The highest BCUT2D eigenvalue weighted by atomic mass is 16.7. The molecule has 5 heterocycles. The number of aliphatic hydroxyl groups is 2. The Kier molecular flexibility index (Phi) is 17.1. The number of unbranched alkanes of at least 4 members (excludes halogenated alkanes) is 1. The van der Waals surface area contributed by atoms with Crippen molar-refractivity contribution < 1.29 is 48.3 Å². The van der Waals surface area contributed by atoms with Gasteiger partial charge < -0.3 is 55.6 Å². The van der Waals surface area contributed by atoms with Crippen molar-refractivity contribution in [3.05, 3.63) is 53.2 Å². The summed E-state index contributed by atoms with van der Waals surface area (Å²) in [5.74, 6) is -4.19. The summed E-state index contributed by atoms with van der Waals surface area (Å²) in [6.45, 7) is 11.0. The van der Waals surface area contributed by atoms with Gasteiger partial charge in [0, 0.05) is 62.3 Å². The molecule has 2 aromatic heterocycles. The maximum absolute atomic E-state index is 14.7. The largest absolute Gasteiger partial charge is 0.455 e. The minimum atomic E-state index is -2.08. The number of hydrogen-bond acceptors (Lipinski definition) is 18. The average Bonchev–Trinajstić information content (AvgIpc) is 3.89. The Morgan fingerprint density at radius 2 is 1.79 bits per heavy atom. The number of nitrogens with one attached hydrogen (secondary N) is 1. The van der Waals surface area contributed by atoms with E-state index in [9.17, 15) is 29.4 Å². The molecule has 1 aromatic carbocycles. The predicted octanol–water partition coefficient (Wildman–Crippen LogP) is 2.38. The van der Waals surface area contributed by atoms with Gasteiger partial charge in [0.2, 0.25) is 0 Å². The highest BCUT2D eigenvalue weighted by molar-refractivity contribution is 6.00. The number of methoxy groups -OCH3 is 1. The van der Waals surface area contributed by atoms with Crippen LogP contribution in [0.4, 0.5) is 16.3 Å². The second-order valence-electron chi connectivity index (χ2n) is 19.2. The van der Waals surface area contributed by atoms with E-state index >= 15 is 0 Å². The molecule has 3 saturated heterocycles. The molecule has 0 bridgehead atoms. The fraction of sp³-hybridized carbons (Fsp3) is 0.681. The lowest BCUT2D eigenvalue weighted by Crippen LogP contribution is -2.65. The van der Waals surface area contributed by atoms with Crippen LogP contribution in [0, 0.1) is 17.8 Å². The van der Waals surface area contributed by atoms with Gasteiger partial charge in [-0.05, 0) is 104 Å². The number of anilines is 2. The van der Waals surface area contributed by atoms with Crippen LogP contribution in [0.2, 0.25) is 0 Å². The first kappa shape index (κ1) is 52.3. The number of nitrogen functional groups attached to an aromatic ring is 2. The molecule has 13 atom stereocenters. The molecule has 21 nitrogen and oxygen atoms in total. The summed E-state index contributed by atoms with van der Waals surface area (Å²) >= 11 is 0. The number of amides is 1. The summed E-state index contributed by atoms with van der Waals surface area (Å²) in [7, 11) is 5.26. The summed E-state index contributed by atoms with van der Waals surface area (Å²) in [5, 5.41) is 34.5. The molecule has 21 heteroatoms. The van der Waals surface area contributed by atoms with E-state index in [1.54, 1.807) is 24.6 Å². The van der Waals surface area contributed by atoms with Crippen molar-refractivity contribution in [1.29, 1.82) is 0 Å². The smallest absolute Gasteiger partial charge is 0.412 e. The number of carbonyl (C=O) groups excluding carboxylic acids is 3. The number of ether oxygens (including phenoxy) is 5. The quantitative estimate of drug-likeness (QED) is 0.0672. The van der Waals surface area contributed by atoms with Gasteiger partial charge in [0.25, 0.3) is 5.72 Å². The molecule has 3 fully saturated rings. The number of cyclic esters (lactones) is 1. The van der Waals surface area contributed by atoms with Crippen LogP contribution in [0.1, 0.15) is 80.1 Å². The summed E-state index contributed by atoms with van der Waals surface area (Å²) in [4.78, 5) is 65.3. The van der Waals surface area contributed by atoms with E-state index < -0.39 is 83.4 Å². The third-order valence-corrected chi connectivity index (χ3v) is 13.9. The number of esters is 1. The minimum Gasteiger partial charge on any atom is -0.455 e. The first-order chi connectivity index (χ1) is 32.3. The highest BCUT2D eigenvalue weighted by Crippen LogP contribution is 2.43. The molecular formula is C47H72N10O11. The number of fused-ring (bicyclic) bond motifs is 1. The maximum atomic E-state index is 14.7. The number of carbonyl (C=O) groups is 3. The Morgan fingerprint density at radius 1 is 1.06 bits per heavy atom. The van der Waals surface area contributed by atoms with Crippen LogP contribution >= 0.6 is 0 Å². The van der Waals surface area contributed by atoms with Gasteiger partial charge in [-0.1, -0.05) is 38.1 Å². The van der Waals surface area contributed by atoms with E-state index in [0.29, 0.717) is 43.6 Å². The van der Waals surface area contributed by atoms with E-state index in [2.05, 4.69) is 20.6 Å². The lowest BCUT2D eigenvalue weighted by molar-refractivity contribution is -0.295. The molecule has 0 spiro atoms. The zero-order valence-electron chi connectivity index (χ0n) is 40.8. The molecule has 68 heavy (non-hydrogen) atoms. The van der Waals surface area contributed by atoms with Gasteiger partial charge in [-0.25, -0.2) is 9.59 Å². The fourth-order valence-corrected chi connectivity index (χ4v) is 10.3. The van der Waals surface area contributed by atoms with Crippen LogP contribution in [0.25, 0.3) is 11.3 Å². The number of hydrogen-bond donors (Lipinski definition) is 5. The van der Waals surface area contributed by atoms with Gasteiger partial charge in [-0.3, -0.25) is 23.7 Å². The van der Waals surface area contributed by atoms with Gasteiger partial charge in [0.1, 0.15) is 29.6 Å². The third kappa shape index (κ3) is 11.0. The number of nitrogens with two attached hydrogens (primary N) is 2. The van der Waals surface area contributed by atoms with Gasteiger partial charge in [0.05, 0.1) is 24.0 Å². The monoisotopic (exact) mass is 953 g/mol. The van der Waals surface area contributed by atoms with Crippen molar-refractivity contribution in [2.75, 3.05) is 52.4 Å². The summed E-state index contributed by atoms with van der Waals surface area (Å²) < 4.78 is 34.8. The SMILES string of the molecule is CC[C@H]1OC(=O)[C@H](C)C(=O)[C@H](C)[C@@H](O[C@@H]2O[C@H](C)CC(N(C)C)C2O)[C@](C)(OC)C[C@@H](C)CN[C@H](CCO)[C@H]2N(CCCCn3cc(-c4cccc(N)c4)nn3)C(=O)O[C@]12n1ccc(N)nc1=O. The van der Waals surface area contributed by atoms with Crippen molar-refractivity contribution in [3.63, 3.8) is 0 Å². The standard InChI is InChI=1S/C47H72N10O11/c1-10-36-47(57-20-16-37(49)51-44(57)62)40(56(45(63)68-47)19-12-11-18-55-26-34(52-53-55)31-14-13-15-32(48)23-31)33(17-21-58)50-25-27(2)24-46(6,64-9)41(29(4)38(59)30(5)42(61)66-36)67-43-39(60)35(54(7)8)22-28(3)65-43/h13-16,20,23,26-30,33,35-36,39-41,43,50,58,60H,10-12,17-19,21-22,24-25,48H2,1-9H3,(H2,49,51,62)/t27-,28-,29+,30-,33-,35?,36-,39?,40-,41-,43+,46-,47-/m1/s1. The molecule has 3 aromatic rings. The summed E-state index contributed by atoms with van der Waals surface area (Å²) in [6, 6.07) is 6.53. The number of nitrogens with zero attached hydrogens (tertiary/aromatic N) is 7. The van der Waals surface area contributed by atoms with Gasteiger partial charge in [0.15, 0.2) is 18.2 Å². The van der Waals surface area contributed by atoms with E-state index in [1.807, 2.05) is 64.2 Å². The zero-order chi connectivity index (χ0) is 49.7. The van der Waals surface area contributed by atoms with E-state index in [4.69, 9.17) is 35.2 Å². The highest BCUT2D eigenvalue weighted by Gasteiger charge is 2.64. The summed E-state index contributed by atoms with van der Waals surface area (Å²) in [6.07, 6.45) is -0.604. The number of Topliss-reactive ketones (excluding diaryl/α,β-unsaturated/α-hetero) is 1. The number of rotatable bonds is 14. The van der Waals surface area contributed by atoms with Crippen LogP contribution in [0.15, 0.2) is 47.5 Å². The van der Waals surface area contributed by atoms with Crippen LogP contribution in [0.3, 0.4) is 0 Å². The normalized spacial score (nSPS) is 33.1. The Balaban J connectivity index is 1.39. The first-order valence-electron chi connectivity index (χ1n) is 23.7. The van der Waals surface area contributed by atoms with Crippen LogP contribution in [-0.4, -0.2) is 158 Å². The number of ketones is 1. The van der Waals surface area contributed by atoms with Gasteiger partial charge in [-0.2, -0.15) is 4.98 Å². The predicted molar refractivity (Wildman–Crippen MR) is 250 cm³/mol. The van der Waals surface area contributed by atoms with Crippen LogP contribution < -0.4 is 22.5 Å². The van der Waals surface area contributed by atoms with Crippen molar-refractivity contribution in [3.8, 4) is 11.3 Å². The lowest BCUT2D eigenvalue weighted by Gasteiger charge is -2.46. The third-order valence-electron chi connectivity index (χ3n) is 13.9. The number of likely N-dealkylation sites (N-methyl/N-ethyl adjacent to an activating group) is 1. The molecule has 1 amide bonds. The second-order valence-corrected chi connectivity index (χ2v) is 19.2. The Morgan fingerprint density at radius 3 is 2.46 bits per heavy atom. The number of aromatic nitrogens is 5. The second kappa shape index (κ2) is 22.2. The van der Waals surface area contributed by atoms with E-state index in [1.165, 1.54) is 31.2 Å². The zero-order valence-corrected chi connectivity index (χ0v) is 40.8. The molecule has 0 radical (unpaired) electrons. The first-order valence-corrected chi connectivity index (χ1v) is 23.7. The van der Waals surface area contributed by atoms with Crippen molar-refractivity contribution >= 4 is 29.4 Å². The molecule has 376 valence electrons. The van der Waals surface area contributed by atoms with Gasteiger partial charge >= 0.3 is 17.8 Å². The Labute approximate surface area is 397 Å². The molecule has 7 N–H and O–H groups in total. The van der Waals surface area contributed by atoms with Crippen LogP contribution in [0.5, 0.6) is 0 Å². The van der Waals surface area contributed by atoms with Crippen molar-refractivity contribution in [1.82, 2.24) is 39.7 Å². The topological polar surface area (TPSA) is 274 Å². The minimum absolute atomic E-state index is 0.0101. The number of aryl methyl sites for hydroxylation is 1. The molecule has 3 aliphatic rings. The van der Waals surface area contributed by atoms with Gasteiger partial charge in [-0.15, -0.1) is 5.10 Å². The summed E-state index contributed by atoms with van der Waals surface area (Å²) in [5.41, 5.74) is 9.91. The molecule has 0 aliphatic carbocycles. The molecule has 3 aliphatic heterocycles. The van der Waals surface area contributed by atoms with E-state index in [0.717, 1.165) is 10.1 Å². The average molecular weight is 953 g/mol. The molecule has 2 unspecified atom stereocenters. The molecule has 0 saturated carbocycles. The number of aliphatic hydroxyl groups excluding tert-OH is 2. The lowest BCUT2D eigenvalue weighted by atomic mass is 9.78. The molecule has 6 rings (SSSR count). The van der Waals surface area contributed by atoms with Crippen molar-refractivity contribution in [2.24, 2.45) is 17.8 Å². The van der Waals surface area contributed by atoms with Crippen molar-refractivity contribution in [2.45, 2.75) is 147 Å². The molecular weight excluding hydrogens is 881 g/mol. The number of benzene rings is 1. The Hall–Kier alpha value is -5.03. The fourth-order valence-electron chi connectivity index (χ4n) is 10.3. The Bertz CT molecular complexity index is 2260. The van der Waals surface area contributed by atoms with E-state index in [-0.39, 0.29) is 56.4 Å². The van der Waals surface area contributed by atoms with Crippen LogP contribution in [-0.2, 0) is 45.5 Å².